The standard InChI is InChI=1S/C15H19BrN2/c1-10-15(11-5-7-17-8-6-11)13-9-12(16)3-4-14(13)18(10)2/h3-4,9,11,17H,5-8H2,1-2H3. The Balaban J connectivity index is 2.20. The topological polar surface area (TPSA) is 17.0 Å². The molecule has 2 aromatic rings. The zero-order valence-electron chi connectivity index (χ0n) is 11.0. The van der Waals surface area contributed by atoms with Gasteiger partial charge in [0.1, 0.15) is 0 Å². The largest absolute Gasteiger partial charge is 0.348 e. The summed E-state index contributed by atoms with van der Waals surface area (Å²) in [6, 6.07) is 6.63. The molecule has 0 unspecified atom stereocenters. The Bertz CT molecular complexity index is 580. The maximum Gasteiger partial charge on any atom is 0.0483 e. The summed E-state index contributed by atoms with van der Waals surface area (Å²) < 4.78 is 3.51. The number of hydrogen-bond acceptors (Lipinski definition) is 1. The summed E-state index contributed by atoms with van der Waals surface area (Å²) >= 11 is 3.60. The van der Waals surface area contributed by atoms with Crippen molar-refractivity contribution in [2.45, 2.75) is 25.7 Å². The van der Waals surface area contributed by atoms with Gasteiger partial charge < -0.3 is 9.88 Å². The fourth-order valence-corrected chi connectivity index (χ4v) is 3.56. The zero-order valence-corrected chi connectivity index (χ0v) is 12.5. The van der Waals surface area contributed by atoms with E-state index in [1.165, 1.54) is 33.9 Å². The number of aromatic nitrogens is 1. The molecule has 0 bridgehead atoms. The molecule has 0 saturated carbocycles. The molecule has 1 aromatic carbocycles. The van der Waals surface area contributed by atoms with Gasteiger partial charge in [-0.05, 0) is 62.5 Å². The van der Waals surface area contributed by atoms with Crippen molar-refractivity contribution in [3.8, 4) is 0 Å². The van der Waals surface area contributed by atoms with Crippen molar-refractivity contribution in [2.24, 2.45) is 7.05 Å². The van der Waals surface area contributed by atoms with Crippen LogP contribution in [0, 0.1) is 6.92 Å². The molecule has 0 atom stereocenters. The molecule has 1 aromatic heterocycles. The number of piperidine rings is 1. The van der Waals surface area contributed by atoms with E-state index in [1.807, 2.05) is 0 Å². The normalized spacial score (nSPS) is 17.5. The predicted octanol–water partition coefficient (Wildman–Crippen LogP) is 3.72. The van der Waals surface area contributed by atoms with Crippen molar-refractivity contribution in [3.05, 3.63) is 33.9 Å². The van der Waals surface area contributed by atoms with Crippen LogP contribution in [0.3, 0.4) is 0 Å². The molecule has 0 spiro atoms. The first-order valence-electron chi connectivity index (χ1n) is 6.63. The highest BCUT2D eigenvalue weighted by molar-refractivity contribution is 9.10. The van der Waals surface area contributed by atoms with E-state index in [2.05, 4.69) is 58.0 Å². The highest BCUT2D eigenvalue weighted by Crippen LogP contribution is 2.36. The van der Waals surface area contributed by atoms with E-state index in [0.29, 0.717) is 5.92 Å². The molecule has 3 rings (SSSR count). The van der Waals surface area contributed by atoms with E-state index >= 15 is 0 Å². The van der Waals surface area contributed by atoms with Crippen LogP contribution in [-0.4, -0.2) is 17.7 Å². The predicted molar refractivity (Wildman–Crippen MR) is 80.2 cm³/mol. The Morgan fingerprint density at radius 1 is 1.28 bits per heavy atom. The molecular weight excluding hydrogens is 288 g/mol. The van der Waals surface area contributed by atoms with Crippen molar-refractivity contribution >= 4 is 26.8 Å². The van der Waals surface area contributed by atoms with Crippen molar-refractivity contribution in [1.82, 2.24) is 9.88 Å². The van der Waals surface area contributed by atoms with Gasteiger partial charge in [-0.2, -0.15) is 0 Å². The summed E-state index contributed by atoms with van der Waals surface area (Å²) in [6.45, 7) is 4.55. The molecule has 1 aliphatic heterocycles. The van der Waals surface area contributed by atoms with Gasteiger partial charge in [0, 0.05) is 28.1 Å². The molecule has 0 radical (unpaired) electrons. The second-order valence-corrected chi connectivity index (χ2v) is 6.16. The zero-order chi connectivity index (χ0) is 12.7. The monoisotopic (exact) mass is 306 g/mol. The Labute approximate surface area is 116 Å². The number of nitrogens with zero attached hydrogens (tertiary/aromatic N) is 1. The molecule has 1 aliphatic rings. The first-order chi connectivity index (χ1) is 8.68. The van der Waals surface area contributed by atoms with Crippen LogP contribution in [-0.2, 0) is 7.05 Å². The van der Waals surface area contributed by atoms with Crippen LogP contribution in [0.1, 0.15) is 30.0 Å². The molecule has 0 amide bonds. The minimum atomic E-state index is 0.712. The Kier molecular flexibility index (Phi) is 3.20. The molecular formula is C15H19BrN2. The first kappa shape index (κ1) is 12.2. The van der Waals surface area contributed by atoms with Crippen LogP contribution in [0.15, 0.2) is 22.7 Å². The summed E-state index contributed by atoms with van der Waals surface area (Å²) in [7, 11) is 2.18. The summed E-state index contributed by atoms with van der Waals surface area (Å²) in [6.07, 6.45) is 2.51. The lowest BCUT2D eigenvalue weighted by Crippen LogP contribution is -2.26. The van der Waals surface area contributed by atoms with Crippen molar-refractivity contribution < 1.29 is 0 Å². The van der Waals surface area contributed by atoms with Crippen LogP contribution in [0.2, 0.25) is 0 Å². The number of aryl methyl sites for hydroxylation is 1. The summed E-state index contributed by atoms with van der Waals surface area (Å²) in [5.74, 6) is 0.712. The average Bonchev–Trinajstić information content (AvgIpc) is 2.63. The number of hydrogen-bond donors (Lipinski definition) is 1. The van der Waals surface area contributed by atoms with Crippen molar-refractivity contribution in [3.63, 3.8) is 0 Å². The van der Waals surface area contributed by atoms with Gasteiger partial charge in [0.05, 0.1) is 0 Å². The number of benzene rings is 1. The van der Waals surface area contributed by atoms with E-state index in [4.69, 9.17) is 0 Å². The molecule has 1 fully saturated rings. The van der Waals surface area contributed by atoms with Gasteiger partial charge >= 0.3 is 0 Å². The molecule has 1 saturated heterocycles. The van der Waals surface area contributed by atoms with Gasteiger partial charge in [-0.15, -0.1) is 0 Å². The second-order valence-electron chi connectivity index (χ2n) is 5.24. The van der Waals surface area contributed by atoms with Crippen LogP contribution in [0.5, 0.6) is 0 Å². The molecule has 1 N–H and O–H groups in total. The summed E-state index contributed by atoms with van der Waals surface area (Å²) in [4.78, 5) is 0. The Morgan fingerprint density at radius 3 is 2.72 bits per heavy atom. The third kappa shape index (κ3) is 1.90. The average molecular weight is 307 g/mol. The van der Waals surface area contributed by atoms with Crippen LogP contribution in [0.4, 0.5) is 0 Å². The quantitative estimate of drug-likeness (QED) is 0.850. The second kappa shape index (κ2) is 4.71. The molecule has 0 aliphatic carbocycles. The minimum absolute atomic E-state index is 0.712. The number of halogens is 1. The molecule has 18 heavy (non-hydrogen) atoms. The lowest BCUT2D eigenvalue weighted by Gasteiger charge is -2.23. The van der Waals surface area contributed by atoms with E-state index < -0.39 is 0 Å². The van der Waals surface area contributed by atoms with Crippen LogP contribution >= 0.6 is 15.9 Å². The number of rotatable bonds is 1. The van der Waals surface area contributed by atoms with Crippen LogP contribution < -0.4 is 5.32 Å². The number of fused-ring (bicyclic) bond motifs is 1. The highest BCUT2D eigenvalue weighted by atomic mass is 79.9. The van der Waals surface area contributed by atoms with E-state index in [1.54, 1.807) is 5.56 Å². The molecule has 96 valence electrons. The van der Waals surface area contributed by atoms with Crippen LogP contribution in [0.25, 0.3) is 10.9 Å². The minimum Gasteiger partial charge on any atom is -0.348 e. The Hall–Kier alpha value is -0.800. The van der Waals surface area contributed by atoms with E-state index in [0.717, 1.165) is 13.1 Å². The highest BCUT2D eigenvalue weighted by Gasteiger charge is 2.22. The fraction of sp³-hybridized carbons (Fsp3) is 0.467. The van der Waals surface area contributed by atoms with Gasteiger partial charge in [0.25, 0.3) is 0 Å². The van der Waals surface area contributed by atoms with Crippen molar-refractivity contribution in [1.29, 1.82) is 0 Å². The smallest absolute Gasteiger partial charge is 0.0483 e. The lowest BCUT2D eigenvalue weighted by atomic mass is 9.88. The third-order valence-corrected chi connectivity index (χ3v) is 4.74. The van der Waals surface area contributed by atoms with E-state index in [-0.39, 0.29) is 0 Å². The summed E-state index contributed by atoms with van der Waals surface area (Å²) in [5, 5.41) is 4.88. The maximum atomic E-state index is 3.60. The summed E-state index contributed by atoms with van der Waals surface area (Å²) in [5.41, 5.74) is 4.34. The van der Waals surface area contributed by atoms with Gasteiger partial charge in [-0.1, -0.05) is 15.9 Å². The molecule has 3 heteroatoms. The maximum absolute atomic E-state index is 3.60. The molecule has 2 nitrogen and oxygen atoms in total. The Morgan fingerprint density at radius 2 is 2.00 bits per heavy atom. The fourth-order valence-electron chi connectivity index (χ4n) is 3.20. The van der Waals surface area contributed by atoms with Gasteiger partial charge in [0.2, 0.25) is 0 Å². The lowest BCUT2D eigenvalue weighted by molar-refractivity contribution is 0.460. The van der Waals surface area contributed by atoms with Gasteiger partial charge in [-0.25, -0.2) is 0 Å². The molecule has 2 heterocycles. The number of nitrogens with one attached hydrogen (secondary N) is 1. The van der Waals surface area contributed by atoms with Gasteiger partial charge in [0.15, 0.2) is 0 Å². The van der Waals surface area contributed by atoms with E-state index in [9.17, 15) is 0 Å². The third-order valence-electron chi connectivity index (χ3n) is 4.25. The van der Waals surface area contributed by atoms with Gasteiger partial charge in [-0.3, -0.25) is 0 Å². The van der Waals surface area contributed by atoms with Crippen molar-refractivity contribution in [2.75, 3.05) is 13.1 Å². The first-order valence-corrected chi connectivity index (χ1v) is 7.43. The SMILES string of the molecule is Cc1c(C2CCNCC2)c2cc(Br)ccc2n1C.